The number of piperidine rings is 1. The van der Waals surface area contributed by atoms with Gasteiger partial charge in [0, 0.05) is 30.8 Å². The summed E-state index contributed by atoms with van der Waals surface area (Å²) in [5.74, 6) is -1.47. The van der Waals surface area contributed by atoms with Crippen LogP contribution in [0.4, 0.5) is 14.5 Å². The highest BCUT2D eigenvalue weighted by Gasteiger charge is 2.44. The van der Waals surface area contributed by atoms with E-state index in [0.29, 0.717) is 19.4 Å². The van der Waals surface area contributed by atoms with Crippen LogP contribution < -0.4 is 10.2 Å². The Bertz CT molecular complexity index is 638. The lowest BCUT2D eigenvalue weighted by molar-refractivity contribution is 0.467. The van der Waals surface area contributed by atoms with Crippen LogP contribution in [0.15, 0.2) is 12.1 Å². The first-order valence-electron chi connectivity index (χ1n) is 6.09. The number of benzene rings is 1. The van der Waals surface area contributed by atoms with Gasteiger partial charge in [-0.1, -0.05) is 0 Å². The van der Waals surface area contributed by atoms with Crippen molar-refractivity contribution < 1.29 is 8.78 Å². The fraction of sp³-hybridized carbons (Fsp3) is 0.308. The topological polar surface area (TPSA) is 73.7 Å². The molecule has 20 heavy (non-hydrogen) atoms. The second-order valence-electron chi connectivity index (χ2n) is 4.67. The first kappa shape index (κ1) is 14.5. The van der Waals surface area contributed by atoms with E-state index < -0.39 is 16.1 Å². The summed E-state index contributed by atoms with van der Waals surface area (Å²) in [6, 6.07) is 3.33. The zero-order chi connectivity index (χ0) is 14.9. The van der Waals surface area contributed by atoms with Gasteiger partial charge < -0.3 is 5.73 Å². The Morgan fingerprint density at radius 3 is 2.60 bits per heavy atom. The molecular formula is C13H13F2N4S+. The fourth-order valence-corrected chi connectivity index (χ4v) is 2.81. The average molecular weight is 295 g/mol. The van der Waals surface area contributed by atoms with Crippen LogP contribution in [-0.2, 0) is 0 Å². The minimum absolute atomic E-state index is 0.0855. The molecule has 0 aliphatic carbocycles. The summed E-state index contributed by atoms with van der Waals surface area (Å²) in [7, 11) is 0. The molecule has 104 valence electrons. The highest BCUT2D eigenvalue weighted by atomic mass is 32.1. The number of nitrogens with two attached hydrogens (primary N) is 1. The summed E-state index contributed by atoms with van der Waals surface area (Å²) in [6.07, 6.45) is 1.93. The maximum Gasteiger partial charge on any atom is 0.278 e. The Kier molecular flexibility index (Phi) is 3.79. The monoisotopic (exact) mass is 295 g/mol. The molecule has 1 aromatic carbocycles. The third-order valence-corrected chi connectivity index (χ3v) is 3.87. The average Bonchev–Trinajstić information content (AvgIpc) is 2.41. The Labute approximate surface area is 120 Å². The molecule has 0 spiro atoms. The van der Waals surface area contributed by atoms with Gasteiger partial charge in [0.2, 0.25) is 5.84 Å². The third kappa shape index (κ3) is 2.07. The molecule has 1 atom stereocenters. The van der Waals surface area contributed by atoms with Crippen molar-refractivity contribution >= 4 is 28.9 Å². The van der Waals surface area contributed by atoms with E-state index >= 15 is 0 Å². The largest absolute Gasteiger partial charge is 0.344 e. The van der Waals surface area contributed by atoms with E-state index in [0.717, 1.165) is 18.6 Å². The molecule has 1 heterocycles. The molecule has 0 radical (unpaired) electrons. The molecular weight excluding hydrogens is 282 g/mol. The Morgan fingerprint density at radius 1 is 1.35 bits per heavy atom. The van der Waals surface area contributed by atoms with Crippen LogP contribution in [-0.4, -0.2) is 17.5 Å². The van der Waals surface area contributed by atoms with Crippen LogP contribution >= 0.6 is 12.2 Å². The summed E-state index contributed by atoms with van der Waals surface area (Å²) >= 11 is 5.01. The number of amidine groups is 1. The van der Waals surface area contributed by atoms with E-state index in [1.807, 2.05) is 0 Å². The second-order valence-corrected chi connectivity index (χ2v) is 5.09. The summed E-state index contributed by atoms with van der Waals surface area (Å²) in [5.41, 5.74) is 5.25. The molecule has 4 nitrogen and oxygen atoms in total. The first-order valence-corrected chi connectivity index (χ1v) is 6.50. The summed E-state index contributed by atoms with van der Waals surface area (Å²) in [5, 5.41) is 16.7. The van der Waals surface area contributed by atoms with Gasteiger partial charge in [-0.25, -0.2) is 8.78 Å². The van der Waals surface area contributed by atoms with Crippen molar-refractivity contribution in [2.24, 2.45) is 5.73 Å². The molecule has 1 fully saturated rings. The number of nitriles is 1. The van der Waals surface area contributed by atoms with E-state index in [9.17, 15) is 8.78 Å². The molecule has 0 aromatic heterocycles. The van der Waals surface area contributed by atoms with Crippen molar-refractivity contribution in [3.8, 4) is 6.07 Å². The molecule has 3 N–H and O–H groups in total. The van der Waals surface area contributed by atoms with E-state index in [1.165, 1.54) is 0 Å². The quantitative estimate of drug-likeness (QED) is 0.617. The van der Waals surface area contributed by atoms with Gasteiger partial charge in [0.1, 0.15) is 11.9 Å². The Morgan fingerprint density at radius 2 is 2.05 bits per heavy atom. The van der Waals surface area contributed by atoms with Crippen LogP contribution in [0, 0.1) is 28.4 Å². The van der Waals surface area contributed by atoms with Crippen molar-refractivity contribution in [1.29, 1.82) is 10.7 Å². The van der Waals surface area contributed by atoms with Crippen molar-refractivity contribution in [1.82, 2.24) is 4.48 Å². The zero-order valence-electron chi connectivity index (χ0n) is 10.6. The summed E-state index contributed by atoms with van der Waals surface area (Å²) in [6.45, 7) is 0.330. The van der Waals surface area contributed by atoms with Gasteiger partial charge in [-0.15, -0.1) is 0 Å². The number of nitrogens with one attached hydrogen (secondary N) is 1. The number of likely N-dealkylation sites (tertiary alicyclic amines) is 1. The minimum atomic E-state index is -0.837. The number of thiocarbonyl (C=S) groups is 1. The molecule has 2 rings (SSSR count). The fourth-order valence-electron chi connectivity index (χ4n) is 2.51. The highest BCUT2D eigenvalue weighted by molar-refractivity contribution is 7.80. The second kappa shape index (κ2) is 5.23. The van der Waals surface area contributed by atoms with Crippen molar-refractivity contribution in [3.05, 3.63) is 29.3 Å². The molecule has 1 aliphatic rings. The van der Waals surface area contributed by atoms with Crippen LogP contribution in [0.5, 0.6) is 0 Å². The number of rotatable bonds is 1. The zero-order valence-corrected chi connectivity index (χ0v) is 11.4. The maximum absolute atomic E-state index is 14.2. The number of halogens is 2. The van der Waals surface area contributed by atoms with Crippen molar-refractivity contribution in [3.63, 3.8) is 0 Å². The standard InChI is InChI=1S/C13H12F2N4S/c14-9-6-11(10(15)5-8(9)7-16)19(13(18)20)4-2-1-3-12(19)17/h5-6,17H,1-4H2,(H-,18,20)/p+1. The van der Waals surface area contributed by atoms with Gasteiger partial charge in [0.15, 0.2) is 11.5 Å². The Hall–Kier alpha value is -1.91. The molecule has 1 unspecified atom stereocenters. The van der Waals surface area contributed by atoms with Crippen LogP contribution in [0.3, 0.4) is 0 Å². The van der Waals surface area contributed by atoms with Gasteiger partial charge in [-0.2, -0.15) is 9.74 Å². The summed E-state index contributed by atoms with van der Waals surface area (Å²) in [4.78, 5) is 0. The van der Waals surface area contributed by atoms with Crippen molar-refractivity contribution in [2.45, 2.75) is 19.3 Å². The van der Waals surface area contributed by atoms with Gasteiger partial charge in [-0.3, -0.25) is 5.41 Å². The Balaban J connectivity index is 2.68. The van der Waals surface area contributed by atoms with Gasteiger partial charge in [0.05, 0.1) is 12.1 Å². The third-order valence-electron chi connectivity index (χ3n) is 3.56. The number of nitrogens with zero attached hydrogens (tertiary/aromatic N) is 2. The number of quaternary nitrogens is 1. The highest BCUT2D eigenvalue weighted by Crippen LogP contribution is 2.33. The smallest absolute Gasteiger partial charge is 0.278 e. The van der Waals surface area contributed by atoms with Gasteiger partial charge in [-0.05, 0) is 12.8 Å². The maximum atomic E-state index is 14.2. The molecule has 1 aromatic rings. The predicted molar refractivity (Wildman–Crippen MR) is 76.1 cm³/mol. The normalized spacial score (nSPS) is 22.4. The van der Waals surface area contributed by atoms with Crippen LogP contribution in [0.1, 0.15) is 24.8 Å². The minimum Gasteiger partial charge on any atom is -0.344 e. The molecule has 7 heteroatoms. The van der Waals surface area contributed by atoms with E-state index in [-0.39, 0.29) is 22.2 Å². The predicted octanol–water partition coefficient (Wildman–Crippen LogP) is 2.55. The first-order chi connectivity index (χ1) is 9.43. The molecule has 0 saturated carbocycles. The van der Waals surface area contributed by atoms with Crippen LogP contribution in [0.2, 0.25) is 0 Å². The molecule has 1 saturated heterocycles. The molecule has 0 amide bonds. The lowest BCUT2D eigenvalue weighted by Crippen LogP contribution is -2.63. The summed E-state index contributed by atoms with van der Waals surface area (Å²) < 4.78 is 27.6. The SMILES string of the molecule is N#Cc1cc(F)c([N+]2(C(N)=S)CCCCC2=N)cc1F. The van der Waals surface area contributed by atoms with Gasteiger partial charge >= 0.3 is 0 Å². The lowest BCUT2D eigenvalue weighted by Gasteiger charge is -2.38. The van der Waals surface area contributed by atoms with E-state index in [1.54, 1.807) is 6.07 Å². The molecule has 0 bridgehead atoms. The number of hydrogen-bond acceptors (Lipinski definition) is 3. The van der Waals surface area contributed by atoms with E-state index in [4.69, 9.17) is 28.6 Å². The number of hydrogen-bond donors (Lipinski definition) is 2. The molecule has 1 aliphatic heterocycles. The van der Waals surface area contributed by atoms with Crippen LogP contribution in [0.25, 0.3) is 0 Å². The van der Waals surface area contributed by atoms with E-state index in [2.05, 4.69) is 0 Å². The van der Waals surface area contributed by atoms with Gasteiger partial charge in [0.25, 0.3) is 5.11 Å². The van der Waals surface area contributed by atoms with Crippen molar-refractivity contribution in [2.75, 3.05) is 6.54 Å². The lowest BCUT2D eigenvalue weighted by atomic mass is 10.0.